The van der Waals surface area contributed by atoms with E-state index in [0.717, 1.165) is 99.2 Å². The minimum atomic E-state index is 0.869. The van der Waals surface area contributed by atoms with Gasteiger partial charge in [-0.3, -0.25) is 15.0 Å². The fourth-order valence-corrected chi connectivity index (χ4v) is 8.05. The van der Waals surface area contributed by atoms with Crippen LogP contribution >= 0.6 is 0 Å². The lowest BCUT2D eigenvalue weighted by Gasteiger charge is -2.15. The molecule has 0 atom stereocenters. The van der Waals surface area contributed by atoms with Gasteiger partial charge in [-0.1, -0.05) is 121 Å². The highest BCUT2D eigenvalue weighted by Gasteiger charge is 2.18. The van der Waals surface area contributed by atoms with Crippen molar-refractivity contribution in [3.63, 3.8) is 0 Å². The van der Waals surface area contributed by atoms with Crippen LogP contribution in [0.3, 0.4) is 0 Å². The van der Waals surface area contributed by atoms with Gasteiger partial charge >= 0.3 is 0 Å². The maximum absolute atomic E-state index is 6.74. The van der Waals surface area contributed by atoms with Crippen molar-refractivity contribution in [2.45, 2.75) is 0 Å². The molecule has 0 unspecified atom stereocenters. The molecule has 0 bridgehead atoms. The van der Waals surface area contributed by atoms with Crippen LogP contribution in [-0.2, 0) is 0 Å². The van der Waals surface area contributed by atoms with Crippen LogP contribution in [0, 0.1) is 0 Å². The summed E-state index contributed by atoms with van der Waals surface area (Å²) in [7, 11) is 0. The zero-order valence-corrected chi connectivity index (χ0v) is 28.5. The Morgan fingerprint density at radius 3 is 2.02 bits per heavy atom. The van der Waals surface area contributed by atoms with Crippen LogP contribution in [0.25, 0.3) is 110 Å². The molecule has 11 aromatic rings. The molecule has 4 heteroatoms. The van der Waals surface area contributed by atoms with E-state index in [1.165, 1.54) is 10.8 Å². The summed E-state index contributed by atoms with van der Waals surface area (Å²) < 4.78 is 6.74. The second kappa shape index (κ2) is 11.7. The minimum Gasteiger partial charge on any atom is -0.455 e. The van der Waals surface area contributed by atoms with E-state index in [4.69, 9.17) is 14.4 Å². The molecule has 53 heavy (non-hydrogen) atoms. The van der Waals surface area contributed by atoms with Gasteiger partial charge in [0.15, 0.2) is 0 Å². The van der Waals surface area contributed by atoms with Crippen molar-refractivity contribution < 1.29 is 4.42 Å². The third-order valence-corrected chi connectivity index (χ3v) is 10.5. The monoisotopic (exact) mass is 675 g/mol. The van der Waals surface area contributed by atoms with Crippen molar-refractivity contribution in [3.05, 3.63) is 176 Å². The molecule has 0 N–H and O–H groups in total. The normalized spacial score (nSPS) is 11.8. The van der Waals surface area contributed by atoms with Crippen LogP contribution in [0.1, 0.15) is 0 Å². The van der Waals surface area contributed by atoms with Crippen molar-refractivity contribution in [2.24, 2.45) is 0 Å². The van der Waals surface area contributed by atoms with Crippen LogP contribution in [0.4, 0.5) is 0 Å². The zero-order valence-electron chi connectivity index (χ0n) is 28.5. The van der Waals surface area contributed by atoms with E-state index in [2.05, 4.69) is 151 Å². The number of para-hydroxylation sites is 1. The highest BCUT2D eigenvalue weighted by molar-refractivity contribution is 6.21. The van der Waals surface area contributed by atoms with E-state index in [0.29, 0.717) is 0 Å². The van der Waals surface area contributed by atoms with Gasteiger partial charge in [-0.2, -0.15) is 0 Å². The van der Waals surface area contributed by atoms with Gasteiger partial charge < -0.3 is 4.42 Å². The molecule has 0 amide bonds. The Hall–Kier alpha value is -7.17. The van der Waals surface area contributed by atoms with Gasteiger partial charge in [-0.05, 0) is 69.2 Å². The predicted octanol–water partition coefficient (Wildman–Crippen LogP) is 13.1. The Labute approximate surface area is 304 Å². The van der Waals surface area contributed by atoms with Crippen LogP contribution in [0.2, 0.25) is 0 Å². The van der Waals surface area contributed by atoms with Gasteiger partial charge in [0.2, 0.25) is 0 Å². The third kappa shape index (κ3) is 4.73. The average Bonchev–Trinajstić information content (AvgIpc) is 3.63. The van der Waals surface area contributed by atoms with Crippen molar-refractivity contribution in [3.8, 4) is 44.6 Å². The molecule has 0 spiro atoms. The standard InChI is InChI=1S/C49H29N3O/c1-2-10-30(11-3-1)43-29-52-46(41-16-7-6-15-40(41)43)36-26-34(37-24-33-20-19-32-13-9-23-50-47(32)48(33)51-28-37)25-35(27-36)39-17-8-18-42-45-38-14-5-4-12-31(38)21-22-44(45)53-49(39)42/h1-29H. The first kappa shape index (κ1) is 29.5. The molecule has 0 aliphatic carbocycles. The highest BCUT2D eigenvalue weighted by atomic mass is 16.3. The lowest BCUT2D eigenvalue weighted by atomic mass is 9.91. The summed E-state index contributed by atoms with van der Waals surface area (Å²) >= 11 is 0. The quantitative estimate of drug-likeness (QED) is 0.174. The lowest BCUT2D eigenvalue weighted by Crippen LogP contribution is -1.93. The number of hydrogen-bond donors (Lipinski definition) is 0. The molecular formula is C49H29N3O. The van der Waals surface area contributed by atoms with Crippen LogP contribution in [0.15, 0.2) is 181 Å². The number of nitrogens with zero attached hydrogens (tertiary/aromatic N) is 3. The molecule has 7 aromatic carbocycles. The number of furan rings is 1. The number of aromatic nitrogens is 3. The summed E-state index contributed by atoms with van der Waals surface area (Å²) in [6.45, 7) is 0. The molecule has 0 radical (unpaired) electrons. The second-order valence-electron chi connectivity index (χ2n) is 13.6. The summed E-state index contributed by atoms with van der Waals surface area (Å²) in [6, 6.07) is 55.5. The molecular weight excluding hydrogens is 647 g/mol. The van der Waals surface area contributed by atoms with Gasteiger partial charge in [-0.15, -0.1) is 0 Å². The van der Waals surface area contributed by atoms with E-state index >= 15 is 0 Å². The van der Waals surface area contributed by atoms with E-state index < -0.39 is 0 Å². The smallest absolute Gasteiger partial charge is 0.143 e. The van der Waals surface area contributed by atoms with Crippen LogP contribution in [0.5, 0.6) is 0 Å². The summed E-state index contributed by atoms with van der Waals surface area (Å²) in [5, 5.41) is 9.00. The van der Waals surface area contributed by atoms with Gasteiger partial charge in [0, 0.05) is 67.8 Å². The van der Waals surface area contributed by atoms with E-state index in [9.17, 15) is 0 Å². The van der Waals surface area contributed by atoms with E-state index in [1.54, 1.807) is 0 Å². The summed E-state index contributed by atoms with van der Waals surface area (Å²) in [5.74, 6) is 0. The van der Waals surface area contributed by atoms with E-state index in [-0.39, 0.29) is 0 Å². The molecule has 0 fully saturated rings. The Morgan fingerprint density at radius 1 is 0.377 bits per heavy atom. The molecule has 0 aliphatic rings. The molecule has 0 saturated heterocycles. The Bertz CT molecular complexity index is 3240. The zero-order chi connectivity index (χ0) is 34.9. The fourth-order valence-electron chi connectivity index (χ4n) is 8.05. The van der Waals surface area contributed by atoms with Crippen molar-refractivity contribution >= 4 is 65.3 Å². The molecule has 0 aliphatic heterocycles. The van der Waals surface area contributed by atoms with Gasteiger partial charge in [0.25, 0.3) is 0 Å². The SMILES string of the molecule is c1ccc(-c2cnc(-c3cc(-c4cnc5c(ccc6cccnc65)c4)cc(-c4cccc5c4oc4ccc6ccccc6c45)c3)c3ccccc23)cc1. The van der Waals surface area contributed by atoms with E-state index in [1.807, 2.05) is 30.7 Å². The number of rotatable bonds is 4. The maximum Gasteiger partial charge on any atom is 0.143 e. The fraction of sp³-hybridized carbons (Fsp3) is 0. The van der Waals surface area contributed by atoms with Crippen molar-refractivity contribution in [1.29, 1.82) is 0 Å². The number of pyridine rings is 3. The molecule has 246 valence electrons. The average molecular weight is 676 g/mol. The summed E-state index contributed by atoms with van der Waals surface area (Å²) in [4.78, 5) is 14.8. The summed E-state index contributed by atoms with van der Waals surface area (Å²) in [6.07, 6.45) is 5.81. The van der Waals surface area contributed by atoms with Crippen molar-refractivity contribution in [2.75, 3.05) is 0 Å². The second-order valence-corrected chi connectivity index (χ2v) is 13.6. The largest absolute Gasteiger partial charge is 0.455 e. The molecule has 4 heterocycles. The van der Waals surface area contributed by atoms with Gasteiger partial charge in [0.05, 0.1) is 16.7 Å². The first-order chi connectivity index (χ1) is 26.3. The number of benzene rings is 7. The Kier molecular flexibility index (Phi) is 6.52. The first-order valence-corrected chi connectivity index (χ1v) is 17.8. The first-order valence-electron chi connectivity index (χ1n) is 17.8. The van der Waals surface area contributed by atoms with Gasteiger partial charge in [0.1, 0.15) is 11.2 Å². The number of fused-ring (bicyclic) bond motifs is 9. The third-order valence-electron chi connectivity index (χ3n) is 10.5. The van der Waals surface area contributed by atoms with Gasteiger partial charge in [-0.25, -0.2) is 0 Å². The molecule has 11 rings (SSSR count). The Morgan fingerprint density at radius 2 is 1.09 bits per heavy atom. The Balaban J connectivity index is 1.17. The molecule has 0 saturated carbocycles. The van der Waals surface area contributed by atoms with Crippen LogP contribution in [-0.4, -0.2) is 15.0 Å². The molecule has 4 nitrogen and oxygen atoms in total. The maximum atomic E-state index is 6.74. The lowest BCUT2D eigenvalue weighted by molar-refractivity contribution is 0.670. The van der Waals surface area contributed by atoms with Crippen molar-refractivity contribution in [1.82, 2.24) is 15.0 Å². The predicted molar refractivity (Wildman–Crippen MR) is 219 cm³/mol. The van der Waals surface area contributed by atoms with Crippen LogP contribution < -0.4 is 0 Å². The minimum absolute atomic E-state index is 0.869. The summed E-state index contributed by atoms with van der Waals surface area (Å²) in [5.41, 5.74) is 11.9. The highest BCUT2D eigenvalue weighted by Crippen LogP contribution is 2.42. The topological polar surface area (TPSA) is 51.8 Å². The molecule has 4 aromatic heterocycles. The number of hydrogen-bond acceptors (Lipinski definition) is 4.